The number of nitrogens with one attached hydrogen (secondary N) is 1. The molecule has 0 aliphatic carbocycles. The van der Waals surface area contributed by atoms with Crippen molar-refractivity contribution in [2.24, 2.45) is 5.92 Å². The van der Waals surface area contributed by atoms with E-state index in [9.17, 15) is 5.11 Å². The highest BCUT2D eigenvalue weighted by Gasteiger charge is 2.33. The van der Waals surface area contributed by atoms with Gasteiger partial charge < -0.3 is 10.4 Å². The Morgan fingerprint density at radius 3 is 2.71 bits per heavy atom. The largest absolute Gasteiger partial charge is 0.508 e. The van der Waals surface area contributed by atoms with Gasteiger partial charge in [0.1, 0.15) is 5.75 Å². The Morgan fingerprint density at radius 2 is 2.07 bits per heavy atom. The number of fused-ring (bicyclic) bond motifs is 1. The third-order valence-electron chi connectivity index (χ3n) is 3.06. The number of phenolic OH excluding ortho intramolecular Hbond substituents is 1. The van der Waals surface area contributed by atoms with Crippen molar-refractivity contribution in [2.45, 2.75) is 32.7 Å². The number of hydrogen-bond donors (Lipinski definition) is 2. The van der Waals surface area contributed by atoms with Gasteiger partial charge >= 0.3 is 0 Å². The van der Waals surface area contributed by atoms with Gasteiger partial charge in [-0.15, -0.1) is 0 Å². The lowest BCUT2D eigenvalue weighted by atomic mass is 9.85. The topological polar surface area (TPSA) is 32.3 Å². The number of hydrogen-bond acceptors (Lipinski definition) is 2. The van der Waals surface area contributed by atoms with Crippen LogP contribution < -0.4 is 5.32 Å². The van der Waals surface area contributed by atoms with E-state index < -0.39 is 0 Å². The summed E-state index contributed by atoms with van der Waals surface area (Å²) in [4.78, 5) is 0. The molecule has 0 spiro atoms. The molecule has 2 nitrogen and oxygen atoms in total. The second-order valence-electron chi connectivity index (χ2n) is 4.44. The number of aromatic hydroxyl groups is 1. The van der Waals surface area contributed by atoms with E-state index in [0.717, 1.165) is 11.3 Å². The molecule has 2 heteroatoms. The molecule has 0 radical (unpaired) electrons. The standard InChI is InChI=1S/C12H17NO/c1-7(2)11-8(3)13-9-5-4-6-10(14)12(9)11/h4-8,11,13-14H,1-3H3. The normalized spacial score (nSPS) is 24.9. The average Bonchev–Trinajstić information content (AvgIpc) is 2.42. The predicted molar refractivity (Wildman–Crippen MR) is 58.8 cm³/mol. The van der Waals surface area contributed by atoms with Gasteiger partial charge in [-0.1, -0.05) is 19.9 Å². The summed E-state index contributed by atoms with van der Waals surface area (Å²) in [5, 5.41) is 13.2. The third-order valence-corrected chi connectivity index (χ3v) is 3.06. The van der Waals surface area contributed by atoms with Crippen LogP contribution in [0.3, 0.4) is 0 Å². The van der Waals surface area contributed by atoms with Crippen LogP contribution >= 0.6 is 0 Å². The Hall–Kier alpha value is -1.18. The first-order chi connectivity index (χ1) is 6.61. The van der Waals surface area contributed by atoms with Crippen LogP contribution in [0.4, 0.5) is 5.69 Å². The first-order valence-electron chi connectivity index (χ1n) is 5.19. The zero-order valence-corrected chi connectivity index (χ0v) is 8.91. The highest BCUT2D eigenvalue weighted by atomic mass is 16.3. The lowest BCUT2D eigenvalue weighted by Crippen LogP contribution is -2.20. The van der Waals surface area contributed by atoms with E-state index in [1.54, 1.807) is 6.07 Å². The molecule has 0 bridgehead atoms. The van der Waals surface area contributed by atoms with Gasteiger partial charge in [-0.3, -0.25) is 0 Å². The van der Waals surface area contributed by atoms with Crippen molar-refractivity contribution in [2.75, 3.05) is 5.32 Å². The van der Waals surface area contributed by atoms with Crippen molar-refractivity contribution < 1.29 is 5.11 Å². The minimum absolute atomic E-state index is 0.415. The molecule has 2 N–H and O–H groups in total. The van der Waals surface area contributed by atoms with Crippen molar-refractivity contribution in [3.05, 3.63) is 23.8 Å². The fourth-order valence-electron chi connectivity index (χ4n) is 2.52. The van der Waals surface area contributed by atoms with E-state index in [1.165, 1.54) is 0 Å². The van der Waals surface area contributed by atoms with E-state index in [1.807, 2.05) is 12.1 Å². The Kier molecular flexibility index (Phi) is 2.14. The zero-order chi connectivity index (χ0) is 10.3. The van der Waals surface area contributed by atoms with Gasteiger partial charge in [-0.05, 0) is 25.0 Å². The SMILES string of the molecule is CC(C)C1c2c(O)cccc2NC1C. The number of anilines is 1. The highest BCUT2D eigenvalue weighted by molar-refractivity contribution is 5.64. The number of benzene rings is 1. The highest BCUT2D eigenvalue weighted by Crippen LogP contribution is 2.44. The van der Waals surface area contributed by atoms with Crippen molar-refractivity contribution in [1.82, 2.24) is 0 Å². The first-order valence-corrected chi connectivity index (χ1v) is 5.19. The molecule has 1 aliphatic rings. The van der Waals surface area contributed by atoms with Crippen molar-refractivity contribution in [3.63, 3.8) is 0 Å². The number of rotatable bonds is 1. The van der Waals surface area contributed by atoms with Crippen LogP contribution in [0.1, 0.15) is 32.3 Å². The third kappa shape index (κ3) is 1.26. The van der Waals surface area contributed by atoms with Gasteiger partial charge in [0.15, 0.2) is 0 Å². The second-order valence-corrected chi connectivity index (χ2v) is 4.44. The van der Waals surface area contributed by atoms with Crippen molar-refractivity contribution >= 4 is 5.69 Å². The zero-order valence-electron chi connectivity index (χ0n) is 8.91. The van der Waals surface area contributed by atoms with Crippen LogP contribution in [0.15, 0.2) is 18.2 Å². The molecular formula is C12H17NO. The van der Waals surface area contributed by atoms with E-state index in [4.69, 9.17) is 0 Å². The van der Waals surface area contributed by atoms with E-state index in [-0.39, 0.29) is 0 Å². The molecule has 1 aromatic rings. The second kappa shape index (κ2) is 3.19. The summed E-state index contributed by atoms with van der Waals surface area (Å²) in [6, 6.07) is 6.11. The minimum atomic E-state index is 0.415. The van der Waals surface area contributed by atoms with Gasteiger partial charge in [0.2, 0.25) is 0 Å². The monoisotopic (exact) mass is 191 g/mol. The Labute approximate surface area is 85.0 Å². The lowest BCUT2D eigenvalue weighted by molar-refractivity contribution is 0.429. The molecule has 2 unspecified atom stereocenters. The maximum Gasteiger partial charge on any atom is 0.121 e. The van der Waals surface area contributed by atoms with Crippen molar-refractivity contribution in [3.8, 4) is 5.75 Å². The maximum absolute atomic E-state index is 9.83. The first kappa shape index (κ1) is 9.38. The molecular weight excluding hydrogens is 174 g/mol. The van der Waals surface area contributed by atoms with Gasteiger partial charge in [-0.2, -0.15) is 0 Å². The average molecular weight is 191 g/mol. The van der Waals surface area contributed by atoms with Crippen LogP contribution in [-0.2, 0) is 0 Å². The molecule has 14 heavy (non-hydrogen) atoms. The van der Waals surface area contributed by atoms with E-state index in [2.05, 4.69) is 26.1 Å². The molecule has 1 aromatic carbocycles. The van der Waals surface area contributed by atoms with Crippen LogP contribution in [0, 0.1) is 5.92 Å². The summed E-state index contributed by atoms with van der Waals surface area (Å²) in [6.45, 7) is 6.57. The summed E-state index contributed by atoms with van der Waals surface area (Å²) in [5.74, 6) is 1.40. The molecule has 1 aliphatic heterocycles. The summed E-state index contributed by atoms with van der Waals surface area (Å²) in [5.41, 5.74) is 2.19. The number of phenols is 1. The molecule has 0 aromatic heterocycles. The molecule has 0 saturated heterocycles. The molecule has 0 saturated carbocycles. The van der Waals surface area contributed by atoms with Gasteiger partial charge in [-0.25, -0.2) is 0 Å². The molecule has 0 amide bonds. The minimum Gasteiger partial charge on any atom is -0.508 e. The Balaban J connectivity index is 2.50. The smallest absolute Gasteiger partial charge is 0.121 e. The Bertz CT molecular complexity index is 346. The summed E-state index contributed by atoms with van der Waals surface area (Å²) < 4.78 is 0. The van der Waals surface area contributed by atoms with Crippen LogP contribution in [0.5, 0.6) is 5.75 Å². The van der Waals surface area contributed by atoms with Crippen LogP contribution in [0.25, 0.3) is 0 Å². The summed E-state index contributed by atoms with van der Waals surface area (Å²) in [6.07, 6.45) is 0. The molecule has 2 rings (SSSR count). The molecule has 2 atom stereocenters. The van der Waals surface area contributed by atoms with Gasteiger partial charge in [0.05, 0.1) is 0 Å². The summed E-state index contributed by atoms with van der Waals surface area (Å²) in [7, 11) is 0. The maximum atomic E-state index is 9.83. The van der Waals surface area contributed by atoms with Gasteiger partial charge in [0, 0.05) is 23.2 Å². The fourth-order valence-corrected chi connectivity index (χ4v) is 2.52. The molecule has 76 valence electrons. The van der Waals surface area contributed by atoms with Gasteiger partial charge in [0.25, 0.3) is 0 Å². The van der Waals surface area contributed by atoms with E-state index in [0.29, 0.717) is 23.6 Å². The van der Waals surface area contributed by atoms with Crippen molar-refractivity contribution in [1.29, 1.82) is 0 Å². The predicted octanol–water partition coefficient (Wildman–Crippen LogP) is 2.95. The lowest BCUT2D eigenvalue weighted by Gasteiger charge is -2.20. The Morgan fingerprint density at radius 1 is 1.36 bits per heavy atom. The van der Waals surface area contributed by atoms with Crippen LogP contribution in [0.2, 0.25) is 0 Å². The van der Waals surface area contributed by atoms with E-state index >= 15 is 0 Å². The molecule has 0 fully saturated rings. The fraction of sp³-hybridized carbons (Fsp3) is 0.500. The summed E-state index contributed by atoms with van der Waals surface area (Å²) >= 11 is 0. The quantitative estimate of drug-likeness (QED) is 0.715. The molecule has 1 heterocycles. The van der Waals surface area contributed by atoms with Crippen LogP contribution in [-0.4, -0.2) is 11.1 Å².